The molecular weight excluding hydrogens is 338 g/mol. The number of sulfonamides is 1. The number of rotatable bonds is 4. The predicted octanol–water partition coefficient (Wildman–Crippen LogP) is 2.69. The Morgan fingerprint density at radius 2 is 1.89 bits per heavy atom. The fourth-order valence-corrected chi connectivity index (χ4v) is 4.73. The number of hydrogen-bond acceptors (Lipinski definition) is 4. The van der Waals surface area contributed by atoms with E-state index in [4.69, 9.17) is 5.11 Å². The monoisotopic (exact) mass is 347 g/mol. The molecule has 0 amide bonds. The van der Waals surface area contributed by atoms with Crippen molar-refractivity contribution in [3.63, 3.8) is 0 Å². The molecule has 2 aromatic rings. The Morgan fingerprint density at radius 3 is 2.44 bits per heavy atom. The van der Waals surface area contributed by atoms with E-state index in [9.17, 15) is 8.42 Å². The number of benzene rings is 1. The zero-order valence-electron chi connectivity index (χ0n) is 9.13. The first-order chi connectivity index (χ1) is 8.49. The molecule has 1 aromatic carbocycles. The van der Waals surface area contributed by atoms with E-state index in [1.54, 1.807) is 23.6 Å². The first-order valence-corrected chi connectivity index (χ1v) is 8.15. The SMILES string of the molecule is O=S(=O)(NCc1ccc(O)cc1)c1sccc1Br. The van der Waals surface area contributed by atoms with Crippen LogP contribution in [0.4, 0.5) is 0 Å². The van der Waals surface area contributed by atoms with Gasteiger partial charge < -0.3 is 5.11 Å². The first kappa shape index (κ1) is 13.5. The number of aromatic hydroxyl groups is 1. The van der Waals surface area contributed by atoms with Gasteiger partial charge in [0.1, 0.15) is 9.96 Å². The molecule has 0 saturated heterocycles. The molecule has 0 radical (unpaired) electrons. The third kappa shape index (κ3) is 3.11. The summed E-state index contributed by atoms with van der Waals surface area (Å²) in [5.41, 5.74) is 0.782. The summed E-state index contributed by atoms with van der Waals surface area (Å²) in [4.78, 5) is 0. The van der Waals surface area contributed by atoms with Crippen molar-refractivity contribution in [3.05, 3.63) is 45.7 Å². The molecule has 0 aliphatic carbocycles. The van der Waals surface area contributed by atoms with Crippen molar-refractivity contribution in [2.45, 2.75) is 10.8 Å². The topological polar surface area (TPSA) is 66.4 Å². The highest BCUT2D eigenvalue weighted by Crippen LogP contribution is 2.27. The average molecular weight is 348 g/mol. The zero-order chi connectivity index (χ0) is 13.2. The second kappa shape index (κ2) is 5.40. The minimum atomic E-state index is -3.50. The molecule has 0 fully saturated rings. The van der Waals surface area contributed by atoms with Gasteiger partial charge in [-0.1, -0.05) is 12.1 Å². The summed E-state index contributed by atoms with van der Waals surface area (Å²) in [6.45, 7) is 0.187. The lowest BCUT2D eigenvalue weighted by Gasteiger charge is -2.05. The van der Waals surface area contributed by atoms with Crippen LogP contribution in [0.3, 0.4) is 0 Å². The molecule has 0 saturated carbocycles. The van der Waals surface area contributed by atoms with Crippen molar-refractivity contribution < 1.29 is 13.5 Å². The van der Waals surface area contributed by atoms with E-state index in [0.717, 1.165) is 16.9 Å². The predicted molar refractivity (Wildman–Crippen MR) is 74.2 cm³/mol. The van der Waals surface area contributed by atoms with Crippen molar-refractivity contribution in [1.82, 2.24) is 4.72 Å². The highest BCUT2D eigenvalue weighted by atomic mass is 79.9. The van der Waals surface area contributed by atoms with Gasteiger partial charge in [-0.3, -0.25) is 0 Å². The maximum absolute atomic E-state index is 12.0. The van der Waals surface area contributed by atoms with E-state index in [2.05, 4.69) is 20.7 Å². The number of halogens is 1. The van der Waals surface area contributed by atoms with Crippen LogP contribution in [0, 0.1) is 0 Å². The largest absolute Gasteiger partial charge is 0.508 e. The van der Waals surface area contributed by atoms with E-state index < -0.39 is 10.0 Å². The minimum absolute atomic E-state index is 0.155. The lowest BCUT2D eigenvalue weighted by atomic mass is 10.2. The van der Waals surface area contributed by atoms with E-state index in [-0.39, 0.29) is 16.5 Å². The molecule has 0 aliphatic rings. The second-order valence-corrected chi connectivity index (χ2v) is 7.28. The van der Waals surface area contributed by atoms with Crippen LogP contribution in [0.2, 0.25) is 0 Å². The fraction of sp³-hybridized carbons (Fsp3) is 0.0909. The van der Waals surface area contributed by atoms with E-state index >= 15 is 0 Å². The Labute approximate surface area is 117 Å². The van der Waals surface area contributed by atoms with Crippen LogP contribution >= 0.6 is 27.3 Å². The third-order valence-corrected chi connectivity index (χ3v) is 6.30. The highest BCUT2D eigenvalue weighted by Gasteiger charge is 2.18. The van der Waals surface area contributed by atoms with Crippen LogP contribution in [0.5, 0.6) is 5.75 Å². The van der Waals surface area contributed by atoms with Gasteiger partial charge >= 0.3 is 0 Å². The Kier molecular flexibility index (Phi) is 4.06. The molecule has 0 aliphatic heterocycles. The third-order valence-electron chi connectivity index (χ3n) is 2.23. The Morgan fingerprint density at radius 1 is 1.22 bits per heavy atom. The van der Waals surface area contributed by atoms with Crippen molar-refractivity contribution in [3.8, 4) is 5.75 Å². The molecule has 0 spiro atoms. The molecule has 0 bridgehead atoms. The van der Waals surface area contributed by atoms with Gasteiger partial charge in [0, 0.05) is 11.0 Å². The molecule has 2 N–H and O–H groups in total. The Balaban J connectivity index is 2.11. The zero-order valence-corrected chi connectivity index (χ0v) is 12.3. The van der Waals surface area contributed by atoms with Crippen LogP contribution in [0.15, 0.2) is 44.4 Å². The Hall–Kier alpha value is -0.890. The number of nitrogens with one attached hydrogen (secondary N) is 1. The van der Waals surface area contributed by atoms with Crippen LogP contribution in [0.25, 0.3) is 0 Å². The molecule has 1 heterocycles. The summed E-state index contributed by atoms with van der Waals surface area (Å²) in [6.07, 6.45) is 0. The summed E-state index contributed by atoms with van der Waals surface area (Å²) in [5.74, 6) is 0.155. The molecule has 7 heteroatoms. The van der Waals surface area contributed by atoms with E-state index in [0.29, 0.717) is 4.47 Å². The lowest BCUT2D eigenvalue weighted by Crippen LogP contribution is -2.22. The summed E-state index contributed by atoms with van der Waals surface area (Å²) >= 11 is 4.35. The van der Waals surface area contributed by atoms with E-state index in [1.165, 1.54) is 12.1 Å². The second-order valence-electron chi connectivity index (χ2n) is 3.55. The average Bonchev–Trinajstić information content (AvgIpc) is 2.76. The first-order valence-electron chi connectivity index (χ1n) is 4.99. The standard InChI is InChI=1S/C11H10BrNO3S2/c12-10-5-6-17-11(10)18(15,16)13-7-8-1-3-9(14)4-2-8/h1-6,13-14H,7H2. The normalized spacial score (nSPS) is 11.6. The molecule has 4 nitrogen and oxygen atoms in total. The molecule has 96 valence electrons. The Bertz CT molecular complexity index is 635. The molecule has 0 atom stereocenters. The minimum Gasteiger partial charge on any atom is -0.508 e. The van der Waals surface area contributed by atoms with Crippen molar-refractivity contribution >= 4 is 37.3 Å². The highest BCUT2D eigenvalue weighted by molar-refractivity contribution is 9.10. The molecule has 0 unspecified atom stereocenters. The van der Waals surface area contributed by atoms with Gasteiger partial charge in [-0.25, -0.2) is 13.1 Å². The van der Waals surface area contributed by atoms with Gasteiger partial charge in [0.05, 0.1) is 0 Å². The van der Waals surface area contributed by atoms with Crippen LogP contribution in [-0.2, 0) is 16.6 Å². The summed E-state index contributed by atoms with van der Waals surface area (Å²) < 4.78 is 27.3. The van der Waals surface area contributed by atoms with Gasteiger partial charge in [0.15, 0.2) is 0 Å². The number of phenols is 1. The molecule has 2 rings (SSSR count). The smallest absolute Gasteiger partial charge is 0.251 e. The van der Waals surface area contributed by atoms with Crippen molar-refractivity contribution in [2.75, 3.05) is 0 Å². The lowest BCUT2D eigenvalue weighted by molar-refractivity contribution is 0.475. The van der Waals surface area contributed by atoms with Crippen molar-refractivity contribution in [2.24, 2.45) is 0 Å². The van der Waals surface area contributed by atoms with Crippen LogP contribution < -0.4 is 4.72 Å². The van der Waals surface area contributed by atoms with Gasteiger partial charge in [-0.05, 0) is 45.1 Å². The molecular formula is C11H10BrNO3S2. The quantitative estimate of drug-likeness (QED) is 0.893. The maximum Gasteiger partial charge on any atom is 0.251 e. The fourth-order valence-electron chi connectivity index (χ4n) is 1.33. The maximum atomic E-state index is 12.0. The van der Waals surface area contributed by atoms with Gasteiger partial charge in [-0.15, -0.1) is 11.3 Å². The van der Waals surface area contributed by atoms with Crippen LogP contribution in [0.1, 0.15) is 5.56 Å². The molecule has 1 aromatic heterocycles. The van der Waals surface area contributed by atoms with Crippen LogP contribution in [-0.4, -0.2) is 13.5 Å². The van der Waals surface area contributed by atoms with Crippen molar-refractivity contribution in [1.29, 1.82) is 0 Å². The number of phenolic OH excluding ortho intramolecular Hbond substituents is 1. The summed E-state index contributed by atoms with van der Waals surface area (Å²) in [6, 6.07) is 8.07. The van der Waals surface area contributed by atoms with E-state index in [1.807, 2.05) is 0 Å². The number of hydrogen-bond donors (Lipinski definition) is 2. The summed E-state index contributed by atoms with van der Waals surface area (Å²) in [7, 11) is -3.50. The van der Waals surface area contributed by atoms with Gasteiger partial charge in [-0.2, -0.15) is 0 Å². The summed E-state index contributed by atoms with van der Waals surface area (Å²) in [5, 5.41) is 10.8. The molecule has 18 heavy (non-hydrogen) atoms. The van der Waals surface area contributed by atoms with Gasteiger partial charge in [0.2, 0.25) is 0 Å². The van der Waals surface area contributed by atoms with Gasteiger partial charge in [0.25, 0.3) is 10.0 Å². The number of thiophene rings is 1.